The van der Waals surface area contributed by atoms with E-state index in [1.165, 1.54) is 23.9 Å². The third kappa shape index (κ3) is 4.63. The van der Waals surface area contributed by atoms with Gasteiger partial charge in [-0.05, 0) is 0 Å². The van der Waals surface area contributed by atoms with Crippen molar-refractivity contribution in [2.45, 2.75) is 30.7 Å². The molecule has 1 unspecified atom stereocenters. The minimum atomic E-state index is -1.26. The van der Waals surface area contributed by atoms with Crippen LogP contribution in [-0.4, -0.2) is 75.9 Å². The van der Waals surface area contributed by atoms with E-state index in [0.29, 0.717) is 10.9 Å². The third-order valence-electron chi connectivity index (χ3n) is 7.25. The van der Waals surface area contributed by atoms with E-state index in [4.69, 9.17) is 14.2 Å². The Morgan fingerprint density at radius 1 is 1.12 bits per heavy atom. The van der Waals surface area contributed by atoms with E-state index in [1.807, 2.05) is 29.3 Å². The van der Waals surface area contributed by atoms with Crippen molar-refractivity contribution < 1.29 is 37.3 Å². The maximum absolute atomic E-state index is 15.3. The van der Waals surface area contributed by atoms with Gasteiger partial charge in [-0.1, -0.05) is 0 Å². The number of fused-ring (bicyclic) bond motifs is 4. The first-order valence-electron chi connectivity index (χ1n) is 12.8. The van der Waals surface area contributed by atoms with Gasteiger partial charge in [0.1, 0.15) is 0 Å². The SMILES string of the molecule is COC(=O)OC(C)Oc1c2n(ccc1=O)N([C@@H]1c3ccccc3[Se]Cc3c1ccc(F)c3F)[C@@H]1COCCN1C2=O. The molecular weight excluding hydrogens is 607 g/mol. The van der Waals surface area contributed by atoms with Gasteiger partial charge in [-0.2, -0.15) is 0 Å². The number of hydrogen-bond donors (Lipinski definition) is 0. The van der Waals surface area contributed by atoms with Gasteiger partial charge in [-0.3, -0.25) is 0 Å². The van der Waals surface area contributed by atoms with Gasteiger partial charge in [0, 0.05) is 0 Å². The number of rotatable bonds is 4. The van der Waals surface area contributed by atoms with Crippen molar-refractivity contribution in [2.75, 3.05) is 31.9 Å². The second-order valence-corrected chi connectivity index (χ2v) is 11.7. The Bertz CT molecular complexity index is 1600. The van der Waals surface area contributed by atoms with E-state index >= 15 is 4.39 Å². The molecule has 6 rings (SSSR count). The second-order valence-electron chi connectivity index (χ2n) is 9.55. The summed E-state index contributed by atoms with van der Waals surface area (Å²) in [5.74, 6) is -2.63. The van der Waals surface area contributed by atoms with Gasteiger partial charge in [-0.25, -0.2) is 0 Å². The van der Waals surface area contributed by atoms with Crippen molar-refractivity contribution in [2.24, 2.45) is 0 Å². The molecule has 10 nitrogen and oxygen atoms in total. The van der Waals surface area contributed by atoms with Crippen LogP contribution in [0.2, 0.25) is 0 Å². The molecular formula is C28H25F2N3O7Se. The van der Waals surface area contributed by atoms with Crippen molar-refractivity contribution in [1.82, 2.24) is 9.58 Å². The predicted molar refractivity (Wildman–Crippen MR) is 142 cm³/mol. The Kier molecular flexibility index (Phi) is 7.18. The molecule has 4 heterocycles. The van der Waals surface area contributed by atoms with Crippen molar-refractivity contribution >= 4 is 31.5 Å². The van der Waals surface area contributed by atoms with Crippen LogP contribution in [0.1, 0.15) is 40.1 Å². The number of carbonyl (C=O) groups is 2. The summed E-state index contributed by atoms with van der Waals surface area (Å²) in [6.45, 7) is 2.02. The van der Waals surface area contributed by atoms with E-state index in [9.17, 15) is 18.8 Å². The molecule has 3 aromatic rings. The quantitative estimate of drug-likeness (QED) is 0.245. The normalized spacial score (nSPS) is 20.1. The monoisotopic (exact) mass is 633 g/mol. The molecule has 214 valence electrons. The molecule has 3 aliphatic rings. The Morgan fingerprint density at radius 2 is 1.93 bits per heavy atom. The summed E-state index contributed by atoms with van der Waals surface area (Å²) in [6, 6.07) is 10.9. The number of hydrogen-bond acceptors (Lipinski definition) is 8. The zero-order valence-electron chi connectivity index (χ0n) is 22.0. The average molecular weight is 632 g/mol. The molecule has 1 aromatic heterocycles. The number of pyridine rings is 1. The number of carbonyl (C=O) groups excluding carboxylic acids is 2. The molecule has 0 N–H and O–H groups in total. The van der Waals surface area contributed by atoms with E-state index in [-0.39, 0.29) is 51.7 Å². The van der Waals surface area contributed by atoms with Crippen molar-refractivity contribution in [3.8, 4) is 5.75 Å². The van der Waals surface area contributed by atoms with Gasteiger partial charge in [0.05, 0.1) is 7.11 Å². The summed E-state index contributed by atoms with van der Waals surface area (Å²) in [4.78, 5) is 40.3. The van der Waals surface area contributed by atoms with Crippen molar-refractivity contribution in [3.63, 3.8) is 0 Å². The molecule has 13 heteroatoms. The molecule has 1 saturated heterocycles. The van der Waals surface area contributed by atoms with E-state index < -0.39 is 47.6 Å². The summed E-state index contributed by atoms with van der Waals surface area (Å²) in [6.07, 6.45) is -1.47. The van der Waals surface area contributed by atoms with Crippen LogP contribution in [0.3, 0.4) is 0 Å². The number of ether oxygens (including phenoxy) is 4. The van der Waals surface area contributed by atoms with Crippen LogP contribution in [0.5, 0.6) is 5.75 Å². The zero-order valence-corrected chi connectivity index (χ0v) is 23.8. The molecule has 41 heavy (non-hydrogen) atoms. The third-order valence-corrected chi connectivity index (χ3v) is 9.59. The number of nitrogens with zero attached hydrogens (tertiary/aromatic N) is 3. The van der Waals surface area contributed by atoms with Crippen LogP contribution >= 0.6 is 0 Å². The molecule has 0 aliphatic carbocycles. The Morgan fingerprint density at radius 3 is 2.73 bits per heavy atom. The zero-order chi connectivity index (χ0) is 28.8. The van der Waals surface area contributed by atoms with Crippen LogP contribution in [0, 0.1) is 11.6 Å². The van der Waals surface area contributed by atoms with Gasteiger partial charge in [0.2, 0.25) is 0 Å². The van der Waals surface area contributed by atoms with Crippen LogP contribution in [0.4, 0.5) is 13.6 Å². The van der Waals surface area contributed by atoms with Crippen LogP contribution in [0.25, 0.3) is 0 Å². The Hall–Kier alpha value is -3.93. The molecule has 0 saturated carbocycles. The average Bonchev–Trinajstić information content (AvgIpc) is 3.14. The van der Waals surface area contributed by atoms with Gasteiger partial charge >= 0.3 is 233 Å². The summed E-state index contributed by atoms with van der Waals surface area (Å²) in [5, 5.41) is 2.19. The van der Waals surface area contributed by atoms with Crippen LogP contribution in [0.15, 0.2) is 53.5 Å². The fourth-order valence-corrected chi connectivity index (χ4v) is 7.80. The first-order chi connectivity index (χ1) is 19.8. The summed E-state index contributed by atoms with van der Waals surface area (Å²) < 4.78 is 53.4. The number of amides is 1. The van der Waals surface area contributed by atoms with Gasteiger partial charge in [0.15, 0.2) is 0 Å². The molecule has 0 bridgehead atoms. The number of halogens is 2. The maximum atomic E-state index is 15.3. The molecule has 0 spiro atoms. The van der Waals surface area contributed by atoms with Crippen LogP contribution < -0.4 is 19.6 Å². The van der Waals surface area contributed by atoms with E-state index in [1.54, 1.807) is 11.0 Å². The number of methoxy groups -OCH3 is 1. The standard InChI is InChI=1S/C28H25F2N3O7Se/c1-15(40-28(36)37-2)39-26-20(34)9-10-32-25(26)27(35)31-11-12-38-13-22(31)33(32)24-16-7-8-19(29)23(30)18(16)14-41-21-6-4-3-5-17(21)24/h3-10,15,22,24H,11-14H2,1-2H3/t15?,22-,24+/m1/s1. The fraction of sp³-hybridized carbons (Fsp3) is 0.321. The number of benzene rings is 2. The number of aromatic nitrogens is 1. The Labute approximate surface area is 239 Å². The predicted octanol–water partition coefficient (Wildman–Crippen LogP) is 2.02. The second kappa shape index (κ2) is 10.8. The summed E-state index contributed by atoms with van der Waals surface area (Å²) in [7, 11) is 1.13. The first-order valence-corrected chi connectivity index (χ1v) is 14.9. The first kappa shape index (κ1) is 27.2. The van der Waals surface area contributed by atoms with Crippen molar-refractivity contribution in [3.05, 3.63) is 92.9 Å². The van der Waals surface area contributed by atoms with E-state index in [0.717, 1.165) is 23.2 Å². The number of morpholine rings is 1. The molecule has 3 aliphatic heterocycles. The minimum absolute atomic E-state index is 0.0904. The topological polar surface area (TPSA) is 99.5 Å². The van der Waals surface area contributed by atoms with E-state index in [2.05, 4.69) is 4.74 Å². The molecule has 2 aromatic carbocycles. The summed E-state index contributed by atoms with van der Waals surface area (Å²) in [5.41, 5.74) is 0.990. The fourth-order valence-electron chi connectivity index (χ4n) is 5.46. The van der Waals surface area contributed by atoms with Crippen LogP contribution in [-0.2, 0) is 19.5 Å². The summed E-state index contributed by atoms with van der Waals surface area (Å²) >= 11 is -0.204. The van der Waals surface area contributed by atoms with Gasteiger partial charge in [-0.15, -0.1) is 0 Å². The van der Waals surface area contributed by atoms with Gasteiger partial charge < -0.3 is 0 Å². The molecule has 0 radical (unpaired) electrons. The molecule has 3 atom stereocenters. The van der Waals surface area contributed by atoms with Crippen molar-refractivity contribution in [1.29, 1.82) is 0 Å². The molecule has 1 amide bonds. The Balaban J connectivity index is 1.59. The molecule has 1 fully saturated rings. The van der Waals surface area contributed by atoms with Gasteiger partial charge in [0.25, 0.3) is 0 Å².